The summed E-state index contributed by atoms with van der Waals surface area (Å²) >= 11 is 0. The van der Waals surface area contributed by atoms with E-state index in [1.54, 1.807) is 4.90 Å². The lowest BCUT2D eigenvalue weighted by Crippen LogP contribution is -2.45. The largest absolute Gasteiger partial charge is 0.481 e. The van der Waals surface area contributed by atoms with Crippen LogP contribution in [0.3, 0.4) is 0 Å². The number of likely N-dealkylation sites (tertiary alicyclic amines) is 1. The van der Waals surface area contributed by atoms with Crippen LogP contribution >= 0.6 is 0 Å². The van der Waals surface area contributed by atoms with Gasteiger partial charge in [-0.1, -0.05) is 0 Å². The molecule has 1 rings (SSSR count). The second-order valence-corrected chi connectivity index (χ2v) is 4.99. The van der Waals surface area contributed by atoms with E-state index in [2.05, 4.69) is 10.2 Å². The zero-order valence-corrected chi connectivity index (χ0v) is 11.2. The summed E-state index contributed by atoms with van der Waals surface area (Å²) in [6, 6.07) is -0.0717. The van der Waals surface area contributed by atoms with Crippen LogP contribution in [-0.4, -0.2) is 67.2 Å². The van der Waals surface area contributed by atoms with Gasteiger partial charge in [0.05, 0.1) is 5.92 Å². The van der Waals surface area contributed by atoms with Gasteiger partial charge in [-0.2, -0.15) is 0 Å². The third-order valence-corrected chi connectivity index (χ3v) is 3.19. The van der Waals surface area contributed by atoms with E-state index in [0.29, 0.717) is 32.5 Å². The Morgan fingerprint density at radius 1 is 1.33 bits per heavy atom. The number of carboxylic acid groups (broad SMARTS) is 1. The Labute approximate surface area is 108 Å². The smallest absolute Gasteiger partial charge is 0.317 e. The molecule has 1 aliphatic heterocycles. The zero-order chi connectivity index (χ0) is 13.5. The standard InChI is InChI=1S/C12H23N3O3/c1-14(2)7-3-6-13-12(18)15-8-4-10(5-9-15)11(16)17/h10H,3-9H2,1-2H3,(H,13,18)(H,16,17). The van der Waals surface area contributed by atoms with E-state index in [9.17, 15) is 9.59 Å². The van der Waals surface area contributed by atoms with Gasteiger partial charge in [0.1, 0.15) is 0 Å². The Hall–Kier alpha value is -1.30. The van der Waals surface area contributed by atoms with Gasteiger partial charge in [-0.15, -0.1) is 0 Å². The highest BCUT2D eigenvalue weighted by Gasteiger charge is 2.26. The molecule has 0 aromatic rings. The van der Waals surface area contributed by atoms with E-state index in [0.717, 1.165) is 13.0 Å². The number of hydrogen-bond donors (Lipinski definition) is 2. The number of urea groups is 1. The second kappa shape index (κ2) is 7.20. The summed E-state index contributed by atoms with van der Waals surface area (Å²) in [5.74, 6) is -1.04. The van der Waals surface area contributed by atoms with Gasteiger partial charge in [-0.3, -0.25) is 4.79 Å². The molecular formula is C12H23N3O3. The van der Waals surface area contributed by atoms with Crippen molar-refractivity contribution in [1.82, 2.24) is 15.1 Å². The molecule has 1 saturated heterocycles. The third kappa shape index (κ3) is 4.91. The molecule has 0 aliphatic carbocycles. The maximum Gasteiger partial charge on any atom is 0.317 e. The van der Waals surface area contributed by atoms with Gasteiger partial charge in [-0.25, -0.2) is 4.79 Å². The fraction of sp³-hybridized carbons (Fsp3) is 0.833. The Morgan fingerprint density at radius 2 is 1.94 bits per heavy atom. The van der Waals surface area contributed by atoms with Crippen molar-refractivity contribution in [2.75, 3.05) is 40.3 Å². The van der Waals surface area contributed by atoms with Crippen LogP contribution in [0, 0.1) is 5.92 Å². The first-order chi connectivity index (χ1) is 8.50. The molecule has 1 fully saturated rings. The fourth-order valence-electron chi connectivity index (χ4n) is 2.03. The number of nitrogens with zero attached hydrogens (tertiary/aromatic N) is 2. The van der Waals surface area contributed by atoms with E-state index in [1.165, 1.54) is 0 Å². The first kappa shape index (κ1) is 14.8. The van der Waals surface area contributed by atoms with Gasteiger partial charge < -0.3 is 20.2 Å². The van der Waals surface area contributed by atoms with E-state index < -0.39 is 5.97 Å². The number of amides is 2. The molecule has 0 aromatic heterocycles. The number of hydrogen-bond acceptors (Lipinski definition) is 3. The maximum absolute atomic E-state index is 11.8. The predicted octanol–water partition coefficient (Wildman–Crippen LogP) is 0.444. The van der Waals surface area contributed by atoms with Crippen LogP contribution in [0.2, 0.25) is 0 Å². The Kier molecular flexibility index (Phi) is 5.91. The van der Waals surface area contributed by atoms with Crippen LogP contribution < -0.4 is 5.32 Å². The number of carbonyl (C=O) groups is 2. The number of aliphatic carboxylic acids is 1. The van der Waals surface area contributed by atoms with Crippen LogP contribution in [0.25, 0.3) is 0 Å². The SMILES string of the molecule is CN(C)CCCNC(=O)N1CCC(C(=O)O)CC1. The number of piperidine rings is 1. The van der Waals surface area contributed by atoms with Crippen molar-refractivity contribution in [2.45, 2.75) is 19.3 Å². The van der Waals surface area contributed by atoms with Crippen LogP contribution in [0.5, 0.6) is 0 Å². The Morgan fingerprint density at radius 3 is 2.44 bits per heavy atom. The maximum atomic E-state index is 11.8. The summed E-state index contributed by atoms with van der Waals surface area (Å²) in [5, 5.41) is 11.7. The van der Waals surface area contributed by atoms with E-state index in [4.69, 9.17) is 5.11 Å². The molecule has 0 saturated carbocycles. The summed E-state index contributed by atoms with van der Waals surface area (Å²) in [6.07, 6.45) is 2.03. The van der Waals surface area contributed by atoms with Gasteiger partial charge in [-0.05, 0) is 39.9 Å². The number of rotatable bonds is 5. The van der Waals surface area contributed by atoms with Crippen LogP contribution in [0.15, 0.2) is 0 Å². The number of carbonyl (C=O) groups excluding carboxylic acids is 1. The average molecular weight is 257 g/mol. The summed E-state index contributed by atoms with van der Waals surface area (Å²) in [7, 11) is 4.00. The van der Waals surface area contributed by atoms with Crippen molar-refractivity contribution < 1.29 is 14.7 Å². The summed E-state index contributed by atoms with van der Waals surface area (Å²) in [4.78, 5) is 26.3. The molecule has 0 unspecified atom stereocenters. The molecule has 0 spiro atoms. The Bertz CT molecular complexity index is 286. The van der Waals surface area contributed by atoms with Gasteiger partial charge in [0.25, 0.3) is 0 Å². The fourth-order valence-corrected chi connectivity index (χ4v) is 2.03. The highest BCUT2D eigenvalue weighted by atomic mass is 16.4. The van der Waals surface area contributed by atoms with Crippen molar-refractivity contribution in [3.05, 3.63) is 0 Å². The Balaban J connectivity index is 2.18. The highest BCUT2D eigenvalue weighted by molar-refractivity contribution is 5.75. The average Bonchev–Trinajstić information content (AvgIpc) is 2.34. The molecule has 0 atom stereocenters. The number of carboxylic acids is 1. The molecular weight excluding hydrogens is 234 g/mol. The number of nitrogens with one attached hydrogen (secondary N) is 1. The van der Waals surface area contributed by atoms with Crippen molar-refractivity contribution in [3.63, 3.8) is 0 Å². The lowest BCUT2D eigenvalue weighted by atomic mass is 9.97. The zero-order valence-electron chi connectivity index (χ0n) is 11.2. The van der Waals surface area contributed by atoms with E-state index in [1.807, 2.05) is 14.1 Å². The second-order valence-electron chi connectivity index (χ2n) is 4.99. The summed E-state index contributed by atoms with van der Waals surface area (Å²) in [6.45, 7) is 2.68. The molecule has 0 bridgehead atoms. The molecule has 1 heterocycles. The predicted molar refractivity (Wildman–Crippen MR) is 68.5 cm³/mol. The molecule has 0 radical (unpaired) electrons. The normalized spacial score (nSPS) is 16.9. The van der Waals surface area contributed by atoms with E-state index in [-0.39, 0.29) is 11.9 Å². The monoisotopic (exact) mass is 257 g/mol. The van der Waals surface area contributed by atoms with Crippen LogP contribution in [0.4, 0.5) is 4.79 Å². The van der Waals surface area contributed by atoms with Gasteiger partial charge in [0, 0.05) is 19.6 Å². The molecule has 1 aliphatic rings. The topological polar surface area (TPSA) is 72.9 Å². The molecule has 18 heavy (non-hydrogen) atoms. The summed E-state index contributed by atoms with van der Waals surface area (Å²) in [5.41, 5.74) is 0. The molecule has 0 aromatic carbocycles. The van der Waals surface area contributed by atoms with Gasteiger partial charge in [0.2, 0.25) is 0 Å². The van der Waals surface area contributed by atoms with Crippen molar-refractivity contribution in [2.24, 2.45) is 5.92 Å². The molecule has 6 nitrogen and oxygen atoms in total. The van der Waals surface area contributed by atoms with Gasteiger partial charge >= 0.3 is 12.0 Å². The van der Waals surface area contributed by atoms with E-state index >= 15 is 0 Å². The minimum absolute atomic E-state index is 0.0717. The quantitative estimate of drug-likeness (QED) is 0.701. The minimum Gasteiger partial charge on any atom is -0.481 e. The van der Waals surface area contributed by atoms with Crippen LogP contribution in [-0.2, 0) is 4.79 Å². The van der Waals surface area contributed by atoms with Crippen LogP contribution in [0.1, 0.15) is 19.3 Å². The lowest BCUT2D eigenvalue weighted by Gasteiger charge is -2.30. The first-order valence-corrected chi connectivity index (χ1v) is 6.41. The molecule has 104 valence electrons. The summed E-state index contributed by atoms with van der Waals surface area (Å²) < 4.78 is 0. The van der Waals surface area contributed by atoms with Crippen molar-refractivity contribution in [3.8, 4) is 0 Å². The first-order valence-electron chi connectivity index (χ1n) is 6.41. The molecule has 6 heteroatoms. The minimum atomic E-state index is -0.749. The van der Waals surface area contributed by atoms with Crippen molar-refractivity contribution >= 4 is 12.0 Å². The molecule has 2 amide bonds. The lowest BCUT2D eigenvalue weighted by molar-refractivity contribution is -0.143. The highest BCUT2D eigenvalue weighted by Crippen LogP contribution is 2.16. The third-order valence-electron chi connectivity index (χ3n) is 3.19. The van der Waals surface area contributed by atoms with Gasteiger partial charge in [0.15, 0.2) is 0 Å². The molecule has 2 N–H and O–H groups in total. The van der Waals surface area contributed by atoms with Crippen molar-refractivity contribution in [1.29, 1.82) is 0 Å².